The van der Waals surface area contributed by atoms with Gasteiger partial charge in [0.15, 0.2) is 5.58 Å². The Morgan fingerprint density at radius 1 is 1.32 bits per heavy atom. The number of anilines is 1. The first-order valence-electron chi connectivity index (χ1n) is 7.21. The van der Waals surface area contributed by atoms with Gasteiger partial charge in [0.25, 0.3) is 6.01 Å². The molecule has 0 amide bonds. The number of fused-ring (bicyclic) bond motifs is 1. The van der Waals surface area contributed by atoms with E-state index in [1.54, 1.807) is 0 Å². The standard InChI is InChI=1S/C14H18BrN3O3S/c15-10-22(19,20)16-9-11-5-7-18(8-6-11)14-17-12-3-1-2-4-13(12)21-14/h1-4,11,16H,5-10H2. The number of halogens is 1. The van der Waals surface area contributed by atoms with Crippen LogP contribution >= 0.6 is 15.9 Å². The maximum absolute atomic E-state index is 11.4. The number of nitrogens with zero attached hydrogens (tertiary/aromatic N) is 2. The molecule has 0 aliphatic carbocycles. The number of rotatable bonds is 5. The van der Waals surface area contributed by atoms with Crippen molar-refractivity contribution in [2.45, 2.75) is 12.8 Å². The van der Waals surface area contributed by atoms with Crippen LogP contribution in [0.4, 0.5) is 6.01 Å². The molecule has 2 aromatic rings. The van der Waals surface area contributed by atoms with Gasteiger partial charge in [-0.05, 0) is 30.9 Å². The Bertz CT molecular complexity index is 706. The van der Waals surface area contributed by atoms with Crippen LogP contribution in [0.1, 0.15) is 12.8 Å². The van der Waals surface area contributed by atoms with Crippen molar-refractivity contribution in [3.8, 4) is 0 Å². The van der Waals surface area contributed by atoms with Crippen LogP contribution in [0, 0.1) is 5.92 Å². The SMILES string of the molecule is O=S(=O)(CBr)NCC1CCN(c2nc3ccccc3o2)CC1. The number of para-hydroxylation sites is 2. The summed E-state index contributed by atoms with van der Waals surface area (Å²) >= 11 is 2.97. The van der Waals surface area contributed by atoms with Crippen LogP contribution in [0.2, 0.25) is 0 Å². The topological polar surface area (TPSA) is 75.4 Å². The molecule has 22 heavy (non-hydrogen) atoms. The second-order valence-electron chi connectivity index (χ2n) is 5.47. The first-order chi connectivity index (χ1) is 10.6. The van der Waals surface area contributed by atoms with Crippen LogP contribution in [-0.2, 0) is 10.0 Å². The molecule has 1 N–H and O–H groups in total. The van der Waals surface area contributed by atoms with Crippen molar-refractivity contribution < 1.29 is 12.8 Å². The zero-order chi connectivity index (χ0) is 15.6. The van der Waals surface area contributed by atoms with E-state index in [0.29, 0.717) is 18.5 Å². The highest BCUT2D eigenvalue weighted by molar-refractivity contribution is 9.10. The van der Waals surface area contributed by atoms with Crippen LogP contribution in [0.15, 0.2) is 28.7 Å². The largest absolute Gasteiger partial charge is 0.423 e. The Balaban J connectivity index is 1.57. The molecule has 0 saturated carbocycles. The summed E-state index contributed by atoms with van der Waals surface area (Å²) in [5.41, 5.74) is 1.66. The lowest BCUT2D eigenvalue weighted by atomic mass is 9.97. The molecule has 0 spiro atoms. The lowest BCUT2D eigenvalue weighted by Gasteiger charge is -2.30. The van der Waals surface area contributed by atoms with E-state index in [0.717, 1.165) is 37.0 Å². The van der Waals surface area contributed by atoms with E-state index in [1.165, 1.54) is 0 Å². The summed E-state index contributed by atoms with van der Waals surface area (Å²) in [6.45, 7) is 2.15. The van der Waals surface area contributed by atoms with Crippen molar-refractivity contribution in [3.05, 3.63) is 24.3 Å². The number of nitrogens with one attached hydrogen (secondary N) is 1. The fourth-order valence-corrected chi connectivity index (χ4v) is 3.66. The number of aromatic nitrogens is 1. The molecular weight excluding hydrogens is 370 g/mol. The van der Waals surface area contributed by atoms with E-state index in [-0.39, 0.29) is 4.66 Å². The predicted octanol–water partition coefficient (Wildman–Crippen LogP) is 2.32. The molecule has 1 saturated heterocycles. The lowest BCUT2D eigenvalue weighted by Crippen LogP contribution is -2.39. The summed E-state index contributed by atoms with van der Waals surface area (Å²) in [7, 11) is -3.18. The van der Waals surface area contributed by atoms with Gasteiger partial charge in [0.05, 0.1) is 0 Å². The molecule has 6 nitrogen and oxygen atoms in total. The molecule has 1 fully saturated rings. The number of alkyl halides is 1. The summed E-state index contributed by atoms with van der Waals surface area (Å²) in [5, 5.41) is 0. The molecule has 8 heteroatoms. The lowest BCUT2D eigenvalue weighted by molar-refractivity contribution is 0.388. The molecule has 120 valence electrons. The Morgan fingerprint density at radius 3 is 2.73 bits per heavy atom. The molecule has 1 aromatic carbocycles. The summed E-state index contributed by atoms with van der Waals surface area (Å²) in [5.74, 6) is 0.356. The molecular formula is C14H18BrN3O3S. The number of sulfonamides is 1. The Labute approximate surface area is 138 Å². The zero-order valence-electron chi connectivity index (χ0n) is 12.0. The highest BCUT2D eigenvalue weighted by atomic mass is 79.9. The minimum Gasteiger partial charge on any atom is -0.423 e. The number of hydrogen-bond acceptors (Lipinski definition) is 5. The van der Waals surface area contributed by atoms with Crippen LogP contribution in [0.25, 0.3) is 11.1 Å². The second kappa shape index (κ2) is 6.55. The second-order valence-corrected chi connectivity index (χ2v) is 8.58. The third kappa shape index (κ3) is 3.61. The van der Waals surface area contributed by atoms with Crippen molar-refractivity contribution >= 4 is 43.1 Å². The summed E-state index contributed by atoms with van der Waals surface area (Å²) in [6.07, 6.45) is 1.84. The van der Waals surface area contributed by atoms with E-state index in [9.17, 15) is 8.42 Å². The molecule has 2 heterocycles. The normalized spacial score (nSPS) is 17.2. The molecule has 0 bridgehead atoms. The monoisotopic (exact) mass is 387 g/mol. The number of piperidine rings is 1. The Hall–Kier alpha value is -1.12. The average molecular weight is 388 g/mol. The number of benzene rings is 1. The van der Waals surface area contributed by atoms with E-state index < -0.39 is 10.0 Å². The van der Waals surface area contributed by atoms with E-state index in [2.05, 4.69) is 30.5 Å². The average Bonchev–Trinajstić information content (AvgIpc) is 2.97. The predicted molar refractivity (Wildman–Crippen MR) is 89.7 cm³/mol. The van der Waals surface area contributed by atoms with E-state index in [1.807, 2.05) is 24.3 Å². The fraction of sp³-hybridized carbons (Fsp3) is 0.500. The third-order valence-electron chi connectivity index (χ3n) is 3.90. The Kier molecular flexibility index (Phi) is 4.70. The molecule has 0 unspecified atom stereocenters. The minimum absolute atomic E-state index is 0.0538. The van der Waals surface area contributed by atoms with Crippen molar-refractivity contribution in [2.75, 3.05) is 29.2 Å². The summed E-state index contributed by atoms with van der Waals surface area (Å²) in [6, 6.07) is 8.37. The van der Waals surface area contributed by atoms with Crippen molar-refractivity contribution in [3.63, 3.8) is 0 Å². The van der Waals surface area contributed by atoms with Crippen molar-refractivity contribution in [1.82, 2.24) is 9.71 Å². The maximum atomic E-state index is 11.4. The van der Waals surface area contributed by atoms with Crippen LogP contribution < -0.4 is 9.62 Å². The van der Waals surface area contributed by atoms with Gasteiger partial charge in [0.1, 0.15) is 10.2 Å². The van der Waals surface area contributed by atoms with Gasteiger partial charge < -0.3 is 9.32 Å². The maximum Gasteiger partial charge on any atom is 0.298 e. The molecule has 1 aliphatic rings. The number of hydrogen-bond donors (Lipinski definition) is 1. The van der Waals surface area contributed by atoms with Gasteiger partial charge in [-0.1, -0.05) is 28.1 Å². The first-order valence-corrected chi connectivity index (χ1v) is 9.98. The smallest absolute Gasteiger partial charge is 0.298 e. The summed E-state index contributed by atoms with van der Waals surface area (Å²) in [4.78, 5) is 6.62. The number of oxazole rings is 1. The molecule has 3 rings (SSSR count). The van der Waals surface area contributed by atoms with E-state index in [4.69, 9.17) is 4.42 Å². The fourth-order valence-electron chi connectivity index (χ4n) is 2.61. The molecule has 1 aliphatic heterocycles. The molecule has 0 radical (unpaired) electrons. The first kappa shape index (κ1) is 15.8. The van der Waals surface area contributed by atoms with Gasteiger partial charge >= 0.3 is 0 Å². The minimum atomic E-state index is -3.18. The van der Waals surface area contributed by atoms with Crippen LogP contribution in [0.3, 0.4) is 0 Å². The zero-order valence-corrected chi connectivity index (χ0v) is 14.4. The quantitative estimate of drug-likeness (QED) is 0.796. The van der Waals surface area contributed by atoms with Crippen LogP contribution in [-0.4, -0.2) is 37.7 Å². The molecule has 0 atom stereocenters. The van der Waals surface area contributed by atoms with Crippen molar-refractivity contribution in [1.29, 1.82) is 0 Å². The van der Waals surface area contributed by atoms with Gasteiger partial charge in [-0.15, -0.1) is 0 Å². The van der Waals surface area contributed by atoms with Gasteiger partial charge in [-0.3, -0.25) is 0 Å². The summed E-state index contributed by atoms with van der Waals surface area (Å²) < 4.78 is 31.2. The highest BCUT2D eigenvalue weighted by Crippen LogP contribution is 2.26. The van der Waals surface area contributed by atoms with Gasteiger partial charge in [-0.25, -0.2) is 13.1 Å². The molecule has 1 aromatic heterocycles. The van der Waals surface area contributed by atoms with Crippen molar-refractivity contribution in [2.24, 2.45) is 5.92 Å². The van der Waals surface area contributed by atoms with E-state index >= 15 is 0 Å². The van der Waals surface area contributed by atoms with Crippen LogP contribution in [0.5, 0.6) is 0 Å². The van der Waals surface area contributed by atoms with Gasteiger partial charge in [0.2, 0.25) is 10.0 Å². The van der Waals surface area contributed by atoms with Gasteiger partial charge in [-0.2, -0.15) is 4.98 Å². The highest BCUT2D eigenvalue weighted by Gasteiger charge is 2.23. The van der Waals surface area contributed by atoms with Gasteiger partial charge in [0, 0.05) is 19.6 Å². The third-order valence-corrected chi connectivity index (χ3v) is 6.61. The Morgan fingerprint density at radius 2 is 2.05 bits per heavy atom.